The summed E-state index contributed by atoms with van der Waals surface area (Å²) in [5.41, 5.74) is 9.88. The molecule has 0 bridgehead atoms. The van der Waals surface area contributed by atoms with Gasteiger partial charge in [0, 0.05) is 97.6 Å². The van der Waals surface area contributed by atoms with E-state index < -0.39 is 6.61 Å². The van der Waals surface area contributed by atoms with Crippen LogP contribution in [-0.2, 0) is 4.74 Å². The van der Waals surface area contributed by atoms with Crippen molar-refractivity contribution in [2.75, 3.05) is 110 Å². The van der Waals surface area contributed by atoms with E-state index in [9.17, 15) is 8.78 Å². The van der Waals surface area contributed by atoms with E-state index in [-0.39, 0.29) is 29.9 Å². The molecule has 35 heteroatoms. The number of anilines is 14. The summed E-state index contributed by atoms with van der Waals surface area (Å²) in [5.74, 6) is 10.1. The molecule has 125 heavy (non-hydrogen) atoms. The summed E-state index contributed by atoms with van der Waals surface area (Å²) in [7, 11) is 2.18. The van der Waals surface area contributed by atoms with Crippen molar-refractivity contribution in [3.63, 3.8) is 0 Å². The number of aromatic nitrogens is 20. The lowest BCUT2D eigenvalue weighted by atomic mass is 10.0. The fraction of sp³-hybridized carbons (Fsp3) is 0.467. The van der Waals surface area contributed by atoms with Gasteiger partial charge in [0.05, 0.1) is 62.2 Å². The minimum atomic E-state index is -2.85. The number of hydrogen-bond acceptors (Lipinski definition) is 29. The molecule has 4 N–H and O–H groups in total. The minimum Gasteiger partial charge on any atom is -0.435 e. The minimum absolute atomic E-state index is 0.102. The monoisotopic (exact) mass is 1690 g/mol. The van der Waals surface area contributed by atoms with E-state index in [0.29, 0.717) is 53.6 Å². The van der Waals surface area contributed by atoms with Gasteiger partial charge in [0.1, 0.15) is 53.8 Å². The highest BCUT2D eigenvalue weighted by Crippen LogP contribution is 2.49. The van der Waals surface area contributed by atoms with E-state index in [1.807, 2.05) is 58.1 Å². The number of ether oxygens (including phenoxy) is 2. The number of likely N-dealkylation sites (N-methyl/N-ethyl adjacent to an activating group) is 1. The summed E-state index contributed by atoms with van der Waals surface area (Å²) in [6.07, 6.45) is 37.8. The van der Waals surface area contributed by atoms with Crippen LogP contribution in [0.15, 0.2) is 153 Å². The van der Waals surface area contributed by atoms with E-state index in [1.165, 1.54) is 113 Å². The molecule has 8 aromatic heterocycles. The SMILES string of the molecule is CC[C@@H]1c2nncn2-c2cnc(Nc3ccc(N4CCN(C)CC4)cc3)nc2N1C1CCCC1.CC[C@@H]1c2nncn2-c2cnc(Nc3ccc(N4CCOCC4)cc3)nc2N1C1CCCC1.CC[C@@H]1c2nncn2-c2cnc(Nc3ccc(OC(F)F)cc3)nc2N1C1CCCC1.CC[C@@H]1c2nncn2-c2cnc(Nc3ccccc3)nc2N1C1CCCC1. The van der Waals surface area contributed by atoms with Gasteiger partial charge in [-0.25, -0.2) is 19.9 Å². The van der Waals surface area contributed by atoms with Gasteiger partial charge in [-0.3, -0.25) is 18.3 Å². The third-order valence-corrected chi connectivity index (χ3v) is 26.1. The van der Waals surface area contributed by atoms with Crippen LogP contribution < -0.4 is 55.4 Å². The highest BCUT2D eigenvalue weighted by Gasteiger charge is 2.44. The summed E-state index contributed by atoms with van der Waals surface area (Å²) in [6, 6.07) is 35.9. The number of halogens is 2. The highest BCUT2D eigenvalue weighted by molar-refractivity contribution is 5.71. The maximum atomic E-state index is 12.4. The van der Waals surface area contributed by atoms with Crippen molar-refractivity contribution < 1.29 is 18.3 Å². The molecule has 0 unspecified atom stereocenters. The van der Waals surface area contributed by atoms with Crippen molar-refractivity contribution in [1.82, 2.24) is 104 Å². The lowest BCUT2D eigenvalue weighted by Crippen LogP contribution is -2.44. The Hall–Kier alpha value is -12.7. The molecular formula is C90H109F2N31O2. The number of benzene rings is 4. The van der Waals surface area contributed by atoms with Gasteiger partial charge in [-0.15, -0.1) is 40.8 Å². The average molecular weight is 1700 g/mol. The molecule has 10 aliphatic rings. The Balaban J connectivity index is 0.000000109. The van der Waals surface area contributed by atoms with Crippen LogP contribution >= 0.6 is 0 Å². The van der Waals surface area contributed by atoms with Gasteiger partial charge in [0.15, 0.2) is 46.6 Å². The third-order valence-electron chi connectivity index (χ3n) is 26.1. The molecule has 2 saturated heterocycles. The molecule has 22 rings (SSSR count). The average Bonchev–Trinajstić information content (AvgIpc) is 1.71. The van der Waals surface area contributed by atoms with Crippen LogP contribution in [-0.4, -0.2) is 194 Å². The van der Waals surface area contributed by atoms with E-state index in [2.05, 4.69) is 213 Å². The molecule has 650 valence electrons. The van der Waals surface area contributed by atoms with Gasteiger partial charge in [0.2, 0.25) is 23.8 Å². The zero-order chi connectivity index (χ0) is 84.9. The van der Waals surface area contributed by atoms with Crippen LogP contribution in [0.3, 0.4) is 0 Å². The van der Waals surface area contributed by atoms with Crippen LogP contribution in [0.25, 0.3) is 22.7 Å². The van der Waals surface area contributed by atoms with Crippen molar-refractivity contribution in [2.45, 2.75) is 211 Å². The summed E-state index contributed by atoms with van der Waals surface area (Å²) in [5, 5.41) is 47.8. The molecule has 4 saturated carbocycles. The van der Waals surface area contributed by atoms with Gasteiger partial charge < -0.3 is 65.0 Å². The number of nitrogens with zero attached hydrogens (tertiary/aromatic N) is 27. The lowest BCUT2D eigenvalue weighted by Gasteiger charge is -2.40. The van der Waals surface area contributed by atoms with E-state index in [0.717, 1.165) is 177 Å². The number of nitrogens with one attached hydrogen (secondary N) is 4. The second kappa shape index (κ2) is 37.0. The number of piperazine rings is 1. The Kier molecular flexibility index (Phi) is 24.3. The normalized spacial score (nSPS) is 19.7. The quantitative estimate of drug-likeness (QED) is 0.0551. The standard InChI is InChI=1S/C25H33N9.C24H30N8O.C21H23F2N7O.C20H23N7/c1-3-21-24-30-27-17-33(24)22-16-26-25(29-23(22)34(21)20-6-4-5-7-20)28-18-8-10-19(11-9-18)32-14-12-31(2)13-15-32;1-2-20-23-29-26-16-31(23)21-15-25-24(28-22(21)32(20)19-5-3-4-6-19)27-17-7-9-18(10-8-17)30-11-13-33-14-12-30;1-2-16-19-28-25-12-29(19)17-11-24-21(27-18(17)30(16)14-5-3-4-6-14)26-13-7-9-15(10-8-13)31-20(22)23;1-2-16-19-25-22-13-26(19)17-12-21-20(23-14-8-4-3-5-9-14)24-18(17)27(16)15-10-6-7-11-15/h8-11,16-17,20-21H,3-7,12-15H2,1-2H3,(H,26,28,29);7-10,15-16,19-20H,2-6,11-14H2,1H3,(H,25,27,28);7-12,14,16,20H,2-6H2,1H3,(H,24,26,27);3-5,8-9,12-13,15-16H,2,6-7,10-11H2,1H3,(H,21,23,24)/t21-;20-;2*16-/m1111/s1. The number of rotatable bonds is 20. The molecule has 14 heterocycles. The predicted molar refractivity (Wildman–Crippen MR) is 477 cm³/mol. The zero-order valence-electron chi connectivity index (χ0n) is 71.6. The Labute approximate surface area is 725 Å². The topological polar surface area (TPSA) is 315 Å². The highest BCUT2D eigenvalue weighted by atomic mass is 19.3. The summed E-state index contributed by atoms with van der Waals surface area (Å²) in [6.45, 7) is 13.7. The van der Waals surface area contributed by atoms with Crippen LogP contribution in [0.2, 0.25) is 0 Å². The molecule has 0 amide bonds. The summed E-state index contributed by atoms with van der Waals surface area (Å²) >= 11 is 0. The molecule has 4 atom stereocenters. The van der Waals surface area contributed by atoms with Crippen LogP contribution in [0.4, 0.5) is 90.0 Å². The van der Waals surface area contributed by atoms with Gasteiger partial charge in [-0.2, -0.15) is 28.7 Å². The summed E-state index contributed by atoms with van der Waals surface area (Å²) in [4.78, 5) is 55.2. The van der Waals surface area contributed by atoms with Crippen molar-refractivity contribution in [2.24, 2.45) is 0 Å². The first-order valence-electron chi connectivity index (χ1n) is 44.9. The fourth-order valence-corrected chi connectivity index (χ4v) is 20.0. The number of hydrogen-bond donors (Lipinski definition) is 4. The van der Waals surface area contributed by atoms with Gasteiger partial charge in [-0.1, -0.05) is 97.3 Å². The molecule has 6 fully saturated rings. The third kappa shape index (κ3) is 17.1. The molecule has 4 aliphatic carbocycles. The Morgan fingerprint density at radius 3 is 0.952 bits per heavy atom. The van der Waals surface area contributed by atoms with Crippen LogP contribution in [0.1, 0.15) is 204 Å². The van der Waals surface area contributed by atoms with Gasteiger partial charge in [-0.05, 0) is 169 Å². The van der Waals surface area contributed by atoms with Crippen molar-refractivity contribution in [3.8, 4) is 28.5 Å². The molecule has 0 radical (unpaired) electrons. The van der Waals surface area contributed by atoms with Crippen LogP contribution in [0, 0.1) is 0 Å². The predicted octanol–water partition coefficient (Wildman–Crippen LogP) is 16.2. The molecule has 6 aliphatic heterocycles. The molecule has 4 aromatic carbocycles. The zero-order valence-corrected chi connectivity index (χ0v) is 71.6. The molecule has 0 spiro atoms. The van der Waals surface area contributed by atoms with E-state index >= 15 is 0 Å². The molecule has 12 aromatic rings. The fourth-order valence-electron chi connectivity index (χ4n) is 20.0. The number of para-hydroxylation sites is 1. The van der Waals surface area contributed by atoms with E-state index in [4.69, 9.17) is 24.7 Å². The van der Waals surface area contributed by atoms with Crippen molar-refractivity contribution >= 4 is 81.2 Å². The van der Waals surface area contributed by atoms with E-state index in [1.54, 1.807) is 43.6 Å². The van der Waals surface area contributed by atoms with Gasteiger partial charge in [0.25, 0.3) is 0 Å². The number of morpholine rings is 1. The first-order valence-corrected chi connectivity index (χ1v) is 44.9. The smallest absolute Gasteiger partial charge is 0.387 e. The molecule has 33 nitrogen and oxygen atoms in total. The maximum absolute atomic E-state index is 12.4. The second-order valence-electron chi connectivity index (χ2n) is 33.7. The summed E-state index contributed by atoms with van der Waals surface area (Å²) < 4.78 is 42.7. The van der Waals surface area contributed by atoms with Crippen molar-refractivity contribution in [1.29, 1.82) is 0 Å². The Bertz CT molecular complexity index is 5580. The van der Waals surface area contributed by atoms with Crippen molar-refractivity contribution in [3.05, 3.63) is 177 Å². The molecular weight excluding hydrogens is 1590 g/mol. The largest absolute Gasteiger partial charge is 0.435 e. The number of alkyl halides is 2. The maximum Gasteiger partial charge on any atom is 0.387 e. The Morgan fingerprint density at radius 2 is 0.656 bits per heavy atom. The first kappa shape index (κ1) is 82.0. The van der Waals surface area contributed by atoms with Gasteiger partial charge >= 0.3 is 6.61 Å². The number of fused-ring (bicyclic) bond motifs is 12. The second-order valence-corrected chi connectivity index (χ2v) is 33.7. The first-order chi connectivity index (χ1) is 61.5. The Morgan fingerprint density at radius 1 is 0.368 bits per heavy atom. The van der Waals surface area contributed by atoms with Crippen LogP contribution in [0.5, 0.6) is 5.75 Å². The lowest BCUT2D eigenvalue weighted by molar-refractivity contribution is -0.0498.